The van der Waals surface area contributed by atoms with Crippen molar-refractivity contribution in [3.63, 3.8) is 0 Å². The fourth-order valence-electron chi connectivity index (χ4n) is 6.86. The summed E-state index contributed by atoms with van der Waals surface area (Å²) in [7, 11) is 3.80. The Hall–Kier alpha value is -5.13. The molecule has 56 heavy (non-hydrogen) atoms. The summed E-state index contributed by atoms with van der Waals surface area (Å²) < 4.78 is 45.2. The average molecular weight is 770 g/mol. The zero-order valence-corrected chi connectivity index (χ0v) is 32.9. The maximum absolute atomic E-state index is 14.5. The zero-order chi connectivity index (χ0) is 40.1. The quantitative estimate of drug-likeness (QED) is 0.103. The van der Waals surface area contributed by atoms with Crippen LogP contribution in [-0.2, 0) is 40.0 Å². The summed E-state index contributed by atoms with van der Waals surface area (Å²) in [5, 5.41) is 0. The number of rotatable bonds is 17. The highest BCUT2D eigenvalue weighted by Crippen LogP contribution is 2.29. The molecule has 0 aromatic heterocycles. The third kappa shape index (κ3) is 11.9. The number of nitrogens with zero attached hydrogens (tertiary/aromatic N) is 5. The average Bonchev–Trinajstić information content (AvgIpc) is 3.22. The van der Waals surface area contributed by atoms with Crippen molar-refractivity contribution in [1.82, 2.24) is 14.7 Å². The lowest BCUT2D eigenvalue weighted by Crippen LogP contribution is -2.51. The summed E-state index contributed by atoms with van der Waals surface area (Å²) in [6.07, 6.45) is -1.34. The predicted octanol–water partition coefficient (Wildman–Crippen LogP) is 7.63. The van der Waals surface area contributed by atoms with Crippen LogP contribution in [0.25, 0.3) is 6.08 Å². The molecule has 2 amide bonds. The minimum Gasteiger partial charge on any atom is -0.378 e. The molecule has 4 aromatic rings. The highest BCUT2D eigenvalue weighted by atomic mass is 19.4. The molecule has 1 unspecified atom stereocenters. The molecule has 0 bridgehead atoms. The van der Waals surface area contributed by atoms with Gasteiger partial charge in [0.15, 0.2) is 0 Å². The second-order valence-electron chi connectivity index (χ2n) is 14.2. The molecule has 1 aliphatic heterocycles. The number of carbonyl (C=O) groups excluding carboxylic acids is 2. The molecular formula is C45H54F3N5O3. The van der Waals surface area contributed by atoms with Gasteiger partial charge in [0.25, 0.3) is 0 Å². The molecule has 1 atom stereocenters. The smallest absolute Gasteiger partial charge is 0.378 e. The fourth-order valence-corrected chi connectivity index (χ4v) is 6.86. The molecule has 11 heteroatoms. The van der Waals surface area contributed by atoms with Crippen LogP contribution in [0, 0.1) is 0 Å². The van der Waals surface area contributed by atoms with Crippen LogP contribution in [0.4, 0.5) is 24.5 Å². The maximum Gasteiger partial charge on any atom is 0.416 e. The molecule has 1 fully saturated rings. The van der Waals surface area contributed by atoms with Gasteiger partial charge in [0.05, 0.1) is 18.8 Å². The van der Waals surface area contributed by atoms with Crippen LogP contribution in [0.3, 0.4) is 0 Å². The van der Waals surface area contributed by atoms with Gasteiger partial charge in [-0.05, 0) is 85.6 Å². The van der Waals surface area contributed by atoms with Gasteiger partial charge >= 0.3 is 6.18 Å². The van der Waals surface area contributed by atoms with E-state index in [1.807, 2.05) is 61.6 Å². The van der Waals surface area contributed by atoms with Crippen molar-refractivity contribution in [3.8, 4) is 0 Å². The molecule has 1 heterocycles. The second kappa shape index (κ2) is 20.2. The first-order chi connectivity index (χ1) is 26.9. The number of halogens is 3. The Morgan fingerprint density at radius 1 is 0.768 bits per heavy atom. The zero-order valence-electron chi connectivity index (χ0n) is 32.9. The molecule has 0 spiro atoms. The number of alkyl halides is 3. The molecule has 0 radical (unpaired) electrons. The minimum absolute atomic E-state index is 0.153. The number of likely N-dealkylation sites (N-methyl/N-ethyl adjacent to an activating group) is 2. The van der Waals surface area contributed by atoms with Crippen molar-refractivity contribution < 1.29 is 27.5 Å². The Morgan fingerprint density at radius 3 is 1.98 bits per heavy atom. The van der Waals surface area contributed by atoms with Crippen LogP contribution in [0.2, 0.25) is 0 Å². The standard InChI is InChI=1S/C45H54F3N5O3/c1-5-51(6-2)40-21-14-37(15-22-40)33-49(3)26-27-50(4)44(55)42(32-36-10-8-7-9-11-36)53(34-38-16-23-41(24-17-38)52-28-30-56-31-29-52)43(54)25-18-35-12-19-39(20-13-35)45(46,47)48/h7-25,42H,5-6,26-34H2,1-4H3. The maximum atomic E-state index is 14.5. The third-order valence-electron chi connectivity index (χ3n) is 10.2. The Bertz CT molecular complexity index is 1840. The van der Waals surface area contributed by atoms with E-state index in [-0.39, 0.29) is 18.9 Å². The van der Waals surface area contributed by atoms with E-state index >= 15 is 0 Å². The van der Waals surface area contributed by atoms with Crippen molar-refractivity contribution >= 4 is 29.3 Å². The first-order valence-electron chi connectivity index (χ1n) is 19.3. The molecule has 4 aromatic carbocycles. The van der Waals surface area contributed by atoms with Crippen molar-refractivity contribution in [3.05, 3.63) is 137 Å². The van der Waals surface area contributed by atoms with Gasteiger partial charge in [-0.15, -0.1) is 0 Å². The normalized spacial score (nSPS) is 13.9. The van der Waals surface area contributed by atoms with Crippen LogP contribution in [-0.4, -0.2) is 99.1 Å². The van der Waals surface area contributed by atoms with Gasteiger partial charge in [-0.3, -0.25) is 9.59 Å². The number of morpholine rings is 1. The lowest BCUT2D eigenvalue weighted by Gasteiger charge is -2.34. The van der Waals surface area contributed by atoms with Crippen LogP contribution in [0.1, 0.15) is 41.7 Å². The monoisotopic (exact) mass is 769 g/mol. The first kappa shape index (κ1) is 42.0. The lowest BCUT2D eigenvalue weighted by molar-refractivity contribution is -0.143. The second-order valence-corrected chi connectivity index (χ2v) is 14.2. The van der Waals surface area contributed by atoms with Crippen molar-refractivity contribution in [1.29, 1.82) is 0 Å². The largest absolute Gasteiger partial charge is 0.416 e. The highest BCUT2D eigenvalue weighted by molar-refractivity contribution is 5.95. The number of carbonyl (C=O) groups is 2. The van der Waals surface area contributed by atoms with E-state index < -0.39 is 23.7 Å². The Kier molecular flexibility index (Phi) is 15.1. The number of amides is 2. The summed E-state index contributed by atoms with van der Waals surface area (Å²) in [5.41, 5.74) is 4.84. The summed E-state index contributed by atoms with van der Waals surface area (Å²) in [4.78, 5) is 38.8. The minimum atomic E-state index is -4.46. The van der Waals surface area contributed by atoms with E-state index in [2.05, 4.69) is 52.8 Å². The molecule has 0 N–H and O–H groups in total. The number of benzene rings is 4. The number of anilines is 2. The number of ether oxygens (including phenoxy) is 1. The van der Waals surface area contributed by atoms with Crippen molar-refractivity contribution in [2.75, 3.05) is 76.4 Å². The topological polar surface area (TPSA) is 59.6 Å². The fraction of sp³-hybridized carbons (Fsp3) is 0.378. The first-order valence-corrected chi connectivity index (χ1v) is 19.3. The van der Waals surface area contributed by atoms with Gasteiger partial charge in [0, 0.05) is 83.3 Å². The summed E-state index contributed by atoms with van der Waals surface area (Å²) in [6.45, 7) is 11.0. The Morgan fingerprint density at radius 2 is 1.38 bits per heavy atom. The van der Waals surface area contributed by atoms with Crippen molar-refractivity contribution in [2.45, 2.75) is 45.6 Å². The van der Waals surface area contributed by atoms with Crippen LogP contribution >= 0.6 is 0 Å². The SMILES string of the molecule is CCN(CC)c1ccc(CN(C)CCN(C)C(=O)C(Cc2ccccc2)N(Cc2ccc(N3CCOCC3)cc2)C(=O)C=Cc2ccc(C(F)(F)F)cc2)cc1. The van der Waals surface area contributed by atoms with E-state index in [0.717, 1.165) is 55.1 Å². The summed E-state index contributed by atoms with van der Waals surface area (Å²) in [6, 6.07) is 30.0. The lowest BCUT2D eigenvalue weighted by atomic mass is 10.0. The molecule has 0 aliphatic carbocycles. The van der Waals surface area contributed by atoms with Gasteiger partial charge in [0.1, 0.15) is 6.04 Å². The molecule has 8 nitrogen and oxygen atoms in total. The number of hydrogen-bond donors (Lipinski definition) is 0. The van der Waals surface area contributed by atoms with Crippen LogP contribution in [0.5, 0.6) is 0 Å². The van der Waals surface area contributed by atoms with E-state index in [1.54, 1.807) is 16.8 Å². The molecular weight excluding hydrogens is 716 g/mol. The Balaban J connectivity index is 1.37. The third-order valence-corrected chi connectivity index (χ3v) is 10.2. The Labute approximate surface area is 329 Å². The van der Waals surface area contributed by atoms with Gasteiger partial charge < -0.3 is 29.2 Å². The van der Waals surface area contributed by atoms with Gasteiger partial charge in [-0.2, -0.15) is 13.2 Å². The van der Waals surface area contributed by atoms with Crippen LogP contribution in [0.15, 0.2) is 109 Å². The van der Waals surface area contributed by atoms with E-state index in [9.17, 15) is 22.8 Å². The molecule has 0 saturated carbocycles. The number of hydrogen-bond acceptors (Lipinski definition) is 6. The predicted molar refractivity (Wildman–Crippen MR) is 218 cm³/mol. The molecule has 1 aliphatic rings. The van der Waals surface area contributed by atoms with E-state index in [0.29, 0.717) is 38.4 Å². The van der Waals surface area contributed by atoms with Crippen molar-refractivity contribution in [2.24, 2.45) is 0 Å². The van der Waals surface area contributed by atoms with Gasteiger partial charge in [-0.1, -0.05) is 66.7 Å². The summed E-state index contributed by atoms with van der Waals surface area (Å²) in [5.74, 6) is -0.623. The highest BCUT2D eigenvalue weighted by Gasteiger charge is 2.32. The van der Waals surface area contributed by atoms with Gasteiger partial charge in [-0.25, -0.2) is 0 Å². The van der Waals surface area contributed by atoms with Gasteiger partial charge in [0.2, 0.25) is 11.8 Å². The molecule has 5 rings (SSSR count). The molecule has 1 saturated heterocycles. The summed E-state index contributed by atoms with van der Waals surface area (Å²) >= 11 is 0. The van der Waals surface area contributed by atoms with Crippen LogP contribution < -0.4 is 9.80 Å². The van der Waals surface area contributed by atoms with E-state index in [1.165, 1.54) is 35.5 Å². The molecule has 298 valence electrons. The van der Waals surface area contributed by atoms with E-state index in [4.69, 9.17) is 4.74 Å².